The summed E-state index contributed by atoms with van der Waals surface area (Å²) in [5.74, 6) is -0.446. The Morgan fingerprint density at radius 1 is 1.22 bits per heavy atom. The van der Waals surface area contributed by atoms with E-state index in [4.69, 9.17) is 11.6 Å². The number of aromatic amines is 1. The molecule has 0 saturated carbocycles. The number of allylic oxidation sites excluding steroid dienone is 1. The fourth-order valence-corrected chi connectivity index (χ4v) is 5.80. The summed E-state index contributed by atoms with van der Waals surface area (Å²) in [6.45, 7) is 5.53. The highest BCUT2D eigenvalue weighted by molar-refractivity contribution is 8.18. The number of rotatable bonds is 3. The van der Waals surface area contributed by atoms with Crippen LogP contribution in [0.5, 0.6) is 0 Å². The second-order valence-electron chi connectivity index (χ2n) is 9.07. The molecule has 188 valence electrons. The molecule has 1 amide bonds. The summed E-state index contributed by atoms with van der Waals surface area (Å²) in [6.07, 6.45) is -3.06. The maximum atomic E-state index is 13.9. The van der Waals surface area contributed by atoms with Crippen molar-refractivity contribution in [3.63, 3.8) is 0 Å². The first-order valence-electron chi connectivity index (χ1n) is 11.4. The average Bonchev–Trinajstić information content (AvgIpc) is 3.45. The van der Waals surface area contributed by atoms with Crippen molar-refractivity contribution < 1.29 is 18.0 Å². The molecule has 3 aromatic rings. The maximum Gasteiger partial charge on any atom is 0.416 e. The van der Waals surface area contributed by atoms with Gasteiger partial charge in [0, 0.05) is 35.6 Å². The first kappa shape index (κ1) is 24.9. The van der Waals surface area contributed by atoms with Crippen molar-refractivity contribution in [2.45, 2.75) is 38.5 Å². The van der Waals surface area contributed by atoms with Crippen LogP contribution in [0.4, 0.5) is 13.2 Å². The van der Waals surface area contributed by atoms with Gasteiger partial charge in [-0.15, -0.1) is 0 Å². The molecule has 0 unspecified atom stereocenters. The lowest BCUT2D eigenvalue weighted by molar-refractivity contribution is -0.138. The third-order valence-electron chi connectivity index (χ3n) is 6.40. The lowest BCUT2D eigenvalue weighted by Gasteiger charge is -2.38. The summed E-state index contributed by atoms with van der Waals surface area (Å²) in [4.78, 5) is 19.9. The first-order valence-corrected chi connectivity index (χ1v) is 12.6. The Bertz CT molecular complexity index is 1400. The van der Waals surface area contributed by atoms with Gasteiger partial charge >= 0.3 is 6.18 Å². The predicted molar refractivity (Wildman–Crippen MR) is 137 cm³/mol. The Hall–Kier alpha value is -2.82. The van der Waals surface area contributed by atoms with Crippen LogP contribution < -0.4 is 5.32 Å². The Balaban J connectivity index is 1.60. The van der Waals surface area contributed by atoms with Gasteiger partial charge in [-0.25, -0.2) is 0 Å². The molecule has 2 aliphatic rings. The zero-order chi connectivity index (χ0) is 25.6. The number of hydrogen-bond donors (Lipinski definition) is 2. The molecule has 1 fully saturated rings. The number of H-pyrrole nitrogens is 1. The van der Waals surface area contributed by atoms with Gasteiger partial charge in [0.1, 0.15) is 0 Å². The summed E-state index contributed by atoms with van der Waals surface area (Å²) in [6, 6.07) is 9.48. The Kier molecular flexibility index (Phi) is 6.61. The standard InChI is InChI=1S/C25H23ClF3N5OS/c1-13-12-34(14(2)10-30-13)24-32-23(35)22(36-24)19(15-4-6-21-17(7-15)11-31-33-21)8-16-3-5-18(26)9-20(16)25(27,28)29/h3-7,9,11,13-14,30H,8,10,12H2,1-2H3,(H,31,33)/t13-,14-/m0/s1. The van der Waals surface area contributed by atoms with E-state index >= 15 is 0 Å². The van der Waals surface area contributed by atoms with Gasteiger partial charge in [-0.1, -0.05) is 23.7 Å². The van der Waals surface area contributed by atoms with E-state index in [0.29, 0.717) is 27.8 Å². The normalized spacial score (nSPS) is 22.3. The minimum atomic E-state index is -4.59. The topological polar surface area (TPSA) is 73.4 Å². The minimum Gasteiger partial charge on any atom is -0.345 e. The summed E-state index contributed by atoms with van der Waals surface area (Å²) in [7, 11) is 0. The molecule has 1 saturated heterocycles. The summed E-state index contributed by atoms with van der Waals surface area (Å²) in [5, 5.41) is 11.7. The van der Waals surface area contributed by atoms with Crippen LogP contribution in [0.3, 0.4) is 0 Å². The van der Waals surface area contributed by atoms with Crippen molar-refractivity contribution in [2.75, 3.05) is 13.1 Å². The molecule has 2 aromatic carbocycles. The molecule has 6 nitrogen and oxygen atoms in total. The van der Waals surface area contributed by atoms with Gasteiger partial charge in [-0.2, -0.15) is 23.3 Å². The van der Waals surface area contributed by atoms with Crippen molar-refractivity contribution in [2.24, 2.45) is 4.99 Å². The van der Waals surface area contributed by atoms with Gasteiger partial charge in [-0.05, 0) is 73.0 Å². The number of carbonyl (C=O) groups is 1. The zero-order valence-corrected chi connectivity index (χ0v) is 21.1. The molecule has 0 radical (unpaired) electrons. The molecule has 2 aliphatic heterocycles. The number of nitrogens with zero attached hydrogens (tertiary/aromatic N) is 3. The molecule has 0 spiro atoms. The van der Waals surface area contributed by atoms with Crippen molar-refractivity contribution in [3.8, 4) is 0 Å². The minimum absolute atomic E-state index is 0.00107. The molecule has 11 heteroatoms. The SMILES string of the molecule is C[C@H]1CN(C2=NC(=O)C(=C(Cc3ccc(Cl)cc3C(F)(F)F)c3ccc4[nH]ncc4c3)S2)[C@@H](C)CN1. The molecule has 5 rings (SSSR count). The number of benzene rings is 2. The van der Waals surface area contributed by atoms with Crippen LogP contribution in [0.15, 0.2) is 52.5 Å². The first-order chi connectivity index (χ1) is 17.1. The van der Waals surface area contributed by atoms with Gasteiger partial charge < -0.3 is 10.2 Å². The van der Waals surface area contributed by atoms with Crippen molar-refractivity contribution in [3.05, 3.63) is 69.2 Å². The quantitative estimate of drug-likeness (QED) is 0.435. The van der Waals surface area contributed by atoms with Crippen LogP contribution in [0.2, 0.25) is 5.02 Å². The number of aliphatic imine (C=N–C) groups is 1. The third kappa shape index (κ3) is 4.89. The number of hydrogen-bond acceptors (Lipinski definition) is 5. The van der Waals surface area contributed by atoms with Gasteiger partial charge in [0.25, 0.3) is 5.91 Å². The van der Waals surface area contributed by atoms with Crippen LogP contribution in [0, 0.1) is 0 Å². The van der Waals surface area contributed by atoms with Gasteiger partial charge in [-0.3, -0.25) is 9.89 Å². The summed E-state index contributed by atoms with van der Waals surface area (Å²) >= 11 is 7.13. The van der Waals surface area contributed by atoms with Gasteiger partial charge in [0.2, 0.25) is 0 Å². The smallest absolute Gasteiger partial charge is 0.345 e. The molecular weight excluding hydrogens is 511 g/mol. The molecule has 36 heavy (non-hydrogen) atoms. The van der Waals surface area contributed by atoms with Crippen molar-refractivity contribution in [1.29, 1.82) is 0 Å². The van der Waals surface area contributed by atoms with E-state index in [9.17, 15) is 18.0 Å². The van der Waals surface area contributed by atoms with E-state index in [1.165, 1.54) is 23.9 Å². The molecular formula is C25H23ClF3N5OS. The third-order valence-corrected chi connectivity index (χ3v) is 7.77. The second-order valence-corrected chi connectivity index (χ2v) is 10.5. The summed E-state index contributed by atoms with van der Waals surface area (Å²) in [5.41, 5.74) is 1.12. The number of fused-ring (bicyclic) bond motifs is 1. The molecule has 2 N–H and O–H groups in total. The summed E-state index contributed by atoms with van der Waals surface area (Å²) < 4.78 is 41.7. The average molecular weight is 534 g/mol. The number of amidine groups is 1. The highest BCUT2D eigenvalue weighted by Gasteiger charge is 2.36. The van der Waals surface area contributed by atoms with Crippen LogP contribution in [0.25, 0.3) is 16.5 Å². The molecule has 0 bridgehead atoms. The number of aromatic nitrogens is 2. The number of amides is 1. The van der Waals surface area contributed by atoms with Gasteiger partial charge in [0.05, 0.1) is 22.2 Å². The monoisotopic (exact) mass is 533 g/mol. The van der Waals surface area contributed by atoms with E-state index in [2.05, 4.69) is 32.3 Å². The van der Waals surface area contributed by atoms with Crippen molar-refractivity contribution in [1.82, 2.24) is 20.4 Å². The Labute approximate surface area is 215 Å². The van der Waals surface area contributed by atoms with Crippen LogP contribution in [0.1, 0.15) is 30.5 Å². The molecule has 2 atom stereocenters. The number of piperazine rings is 1. The van der Waals surface area contributed by atoms with Crippen molar-refractivity contribution >= 4 is 50.9 Å². The van der Waals surface area contributed by atoms with Gasteiger partial charge in [0.15, 0.2) is 5.17 Å². The second kappa shape index (κ2) is 9.57. The Morgan fingerprint density at radius 3 is 2.81 bits per heavy atom. The van der Waals surface area contributed by atoms with E-state index < -0.39 is 17.6 Å². The number of alkyl halides is 3. The molecule has 0 aliphatic carbocycles. The van der Waals surface area contributed by atoms with E-state index in [-0.39, 0.29) is 29.1 Å². The van der Waals surface area contributed by atoms with E-state index in [1.807, 2.05) is 13.0 Å². The number of carbonyl (C=O) groups excluding carboxylic acids is 1. The van der Waals surface area contributed by atoms with Crippen LogP contribution in [-0.4, -0.2) is 51.3 Å². The fourth-order valence-electron chi connectivity index (χ4n) is 4.50. The van der Waals surface area contributed by atoms with Crippen LogP contribution in [-0.2, 0) is 17.4 Å². The molecule has 3 heterocycles. The predicted octanol–water partition coefficient (Wildman–Crippen LogP) is 5.50. The number of thioether (sulfide) groups is 1. The zero-order valence-electron chi connectivity index (χ0n) is 19.5. The Morgan fingerprint density at radius 2 is 2.03 bits per heavy atom. The highest BCUT2D eigenvalue weighted by atomic mass is 35.5. The van der Waals surface area contributed by atoms with E-state index in [1.54, 1.807) is 18.3 Å². The van der Waals surface area contributed by atoms with Crippen LogP contribution >= 0.6 is 23.4 Å². The van der Waals surface area contributed by atoms with E-state index in [0.717, 1.165) is 23.5 Å². The lowest BCUT2D eigenvalue weighted by Crippen LogP contribution is -2.55. The number of halogens is 4. The molecule has 1 aromatic heterocycles. The number of nitrogens with one attached hydrogen (secondary N) is 2. The lowest BCUT2D eigenvalue weighted by atomic mass is 9.93. The fraction of sp³-hybridized carbons (Fsp3) is 0.320. The largest absolute Gasteiger partial charge is 0.416 e. The highest BCUT2D eigenvalue weighted by Crippen LogP contribution is 2.41. The maximum absolute atomic E-state index is 13.9.